The van der Waals surface area contributed by atoms with Crippen LogP contribution in [0.5, 0.6) is 5.75 Å². The van der Waals surface area contributed by atoms with Gasteiger partial charge in [0.1, 0.15) is 11.4 Å². The largest absolute Gasteiger partial charge is 0.434 e. The molecular formula is C16H15F2N3O4. The number of hydrogen-bond donors (Lipinski definition) is 2. The fourth-order valence-electron chi connectivity index (χ4n) is 2.17. The van der Waals surface area contributed by atoms with Crippen molar-refractivity contribution in [2.24, 2.45) is 0 Å². The molecule has 0 aliphatic rings. The molecule has 0 fully saturated rings. The smallest absolute Gasteiger partial charge is 0.387 e. The topological polar surface area (TPSA) is 93.5 Å². The average molecular weight is 351 g/mol. The number of amides is 1. The molecule has 2 aromatic rings. The average Bonchev–Trinajstić information content (AvgIpc) is 2.59. The van der Waals surface area contributed by atoms with E-state index in [9.17, 15) is 23.7 Å². The number of rotatable bonds is 7. The number of halogens is 2. The zero-order valence-corrected chi connectivity index (χ0v) is 13.2. The van der Waals surface area contributed by atoms with Crippen LogP contribution in [-0.4, -0.2) is 24.5 Å². The Kier molecular flexibility index (Phi) is 5.83. The lowest BCUT2D eigenvalue weighted by molar-refractivity contribution is -0.384. The zero-order chi connectivity index (χ0) is 18.4. The third-order valence-corrected chi connectivity index (χ3v) is 3.35. The van der Waals surface area contributed by atoms with Gasteiger partial charge in [-0.1, -0.05) is 18.2 Å². The van der Waals surface area contributed by atoms with E-state index >= 15 is 0 Å². The van der Waals surface area contributed by atoms with Crippen molar-refractivity contribution in [2.45, 2.75) is 13.2 Å². The van der Waals surface area contributed by atoms with Crippen LogP contribution >= 0.6 is 0 Å². The number of ether oxygens (including phenoxy) is 1. The molecule has 0 aliphatic carbocycles. The molecule has 132 valence electrons. The second-order valence-electron chi connectivity index (χ2n) is 4.91. The van der Waals surface area contributed by atoms with E-state index in [-0.39, 0.29) is 29.2 Å². The first kappa shape index (κ1) is 18.1. The molecule has 0 aromatic heterocycles. The van der Waals surface area contributed by atoms with Gasteiger partial charge in [0.15, 0.2) is 0 Å². The summed E-state index contributed by atoms with van der Waals surface area (Å²) in [6.45, 7) is -3.04. The summed E-state index contributed by atoms with van der Waals surface area (Å²) < 4.78 is 29.1. The van der Waals surface area contributed by atoms with Gasteiger partial charge < -0.3 is 15.4 Å². The molecule has 0 unspecified atom stereocenters. The van der Waals surface area contributed by atoms with Crippen molar-refractivity contribution in [1.29, 1.82) is 0 Å². The second kappa shape index (κ2) is 8.04. The lowest BCUT2D eigenvalue weighted by atomic mass is 10.1. The molecule has 0 bridgehead atoms. The molecule has 2 rings (SSSR count). The number of nitro groups is 1. The second-order valence-corrected chi connectivity index (χ2v) is 4.91. The van der Waals surface area contributed by atoms with Gasteiger partial charge in [0.25, 0.3) is 11.6 Å². The van der Waals surface area contributed by atoms with E-state index in [1.54, 1.807) is 6.07 Å². The van der Waals surface area contributed by atoms with Gasteiger partial charge in [-0.15, -0.1) is 0 Å². The van der Waals surface area contributed by atoms with Gasteiger partial charge in [-0.25, -0.2) is 0 Å². The molecule has 1 amide bonds. The minimum atomic E-state index is -2.98. The molecule has 0 aliphatic heterocycles. The Bertz CT molecular complexity index is 784. The summed E-state index contributed by atoms with van der Waals surface area (Å²) in [5.41, 5.74) is 0.476. The third kappa shape index (κ3) is 4.63. The maximum atomic E-state index is 12.4. The Hall–Kier alpha value is -3.23. The van der Waals surface area contributed by atoms with E-state index in [1.807, 2.05) is 0 Å². The zero-order valence-electron chi connectivity index (χ0n) is 13.2. The Morgan fingerprint density at radius 2 is 2.00 bits per heavy atom. The minimum Gasteiger partial charge on any atom is -0.434 e. The van der Waals surface area contributed by atoms with Gasteiger partial charge in [-0.05, 0) is 18.2 Å². The van der Waals surface area contributed by atoms with Gasteiger partial charge in [0.2, 0.25) is 0 Å². The normalized spacial score (nSPS) is 10.4. The predicted molar refractivity (Wildman–Crippen MR) is 86.9 cm³/mol. The third-order valence-electron chi connectivity index (χ3n) is 3.35. The van der Waals surface area contributed by atoms with Gasteiger partial charge in [0.05, 0.1) is 4.92 Å². The van der Waals surface area contributed by atoms with E-state index in [2.05, 4.69) is 15.4 Å². The number of nitrogens with one attached hydrogen (secondary N) is 2. The summed E-state index contributed by atoms with van der Waals surface area (Å²) in [4.78, 5) is 22.6. The number of nitro benzene ring substituents is 1. The minimum absolute atomic E-state index is 0.0469. The molecule has 2 N–H and O–H groups in total. The Morgan fingerprint density at radius 3 is 2.64 bits per heavy atom. The molecule has 0 spiro atoms. The summed E-state index contributed by atoms with van der Waals surface area (Å²) in [6, 6.07) is 10.0. The van der Waals surface area contributed by atoms with Crippen LogP contribution in [0.15, 0.2) is 42.5 Å². The highest BCUT2D eigenvalue weighted by Gasteiger charge is 2.17. The van der Waals surface area contributed by atoms with Gasteiger partial charge in [-0.3, -0.25) is 14.9 Å². The van der Waals surface area contributed by atoms with Crippen molar-refractivity contribution in [1.82, 2.24) is 5.32 Å². The van der Waals surface area contributed by atoms with Crippen LogP contribution in [0.4, 0.5) is 20.2 Å². The first-order chi connectivity index (χ1) is 11.9. The van der Waals surface area contributed by atoms with Crippen molar-refractivity contribution in [3.8, 4) is 5.75 Å². The quantitative estimate of drug-likeness (QED) is 0.590. The SMILES string of the molecule is CNc1ccc(C(=O)NCc2ccccc2OC(F)F)cc1[N+](=O)[O-]. The predicted octanol–water partition coefficient (Wildman–Crippen LogP) is 3.17. The highest BCUT2D eigenvalue weighted by Crippen LogP contribution is 2.25. The summed E-state index contributed by atoms with van der Waals surface area (Å²) in [6.07, 6.45) is 0. The number of hydrogen-bond acceptors (Lipinski definition) is 5. The van der Waals surface area contributed by atoms with Crippen LogP contribution in [0.1, 0.15) is 15.9 Å². The van der Waals surface area contributed by atoms with Crippen LogP contribution in [0.3, 0.4) is 0 Å². The molecule has 0 saturated heterocycles. The van der Waals surface area contributed by atoms with Gasteiger partial charge in [-0.2, -0.15) is 8.78 Å². The van der Waals surface area contributed by atoms with E-state index in [4.69, 9.17) is 0 Å². The van der Waals surface area contributed by atoms with E-state index in [0.29, 0.717) is 5.56 Å². The summed E-state index contributed by atoms with van der Waals surface area (Å²) in [5, 5.41) is 16.2. The monoisotopic (exact) mass is 351 g/mol. The molecule has 0 radical (unpaired) electrons. The molecule has 25 heavy (non-hydrogen) atoms. The Morgan fingerprint density at radius 1 is 1.28 bits per heavy atom. The number of alkyl halides is 2. The van der Waals surface area contributed by atoms with Crippen molar-refractivity contribution >= 4 is 17.3 Å². The van der Waals surface area contributed by atoms with Gasteiger partial charge in [0, 0.05) is 30.8 Å². The molecule has 9 heteroatoms. The molecular weight excluding hydrogens is 336 g/mol. The summed E-state index contributed by atoms with van der Waals surface area (Å²) >= 11 is 0. The van der Waals surface area contributed by atoms with Crippen LogP contribution in [0.25, 0.3) is 0 Å². The maximum absolute atomic E-state index is 12.4. The molecule has 0 heterocycles. The maximum Gasteiger partial charge on any atom is 0.387 e. The van der Waals surface area contributed by atoms with Crippen LogP contribution < -0.4 is 15.4 Å². The van der Waals surface area contributed by atoms with E-state index in [1.165, 1.54) is 37.4 Å². The van der Waals surface area contributed by atoms with Crippen molar-refractivity contribution in [2.75, 3.05) is 12.4 Å². The standard InChI is InChI=1S/C16H15F2N3O4/c1-19-12-7-6-10(8-13(12)21(23)24)15(22)20-9-11-4-2-3-5-14(11)25-16(17)18/h2-8,16,19H,9H2,1H3,(H,20,22). The van der Waals surface area contributed by atoms with Crippen LogP contribution in [0.2, 0.25) is 0 Å². The lowest BCUT2D eigenvalue weighted by Gasteiger charge is -2.11. The number of anilines is 1. The Balaban J connectivity index is 2.13. The summed E-state index contributed by atoms with van der Waals surface area (Å²) in [7, 11) is 1.53. The number of carbonyl (C=O) groups excluding carboxylic acids is 1. The lowest BCUT2D eigenvalue weighted by Crippen LogP contribution is -2.23. The fourth-order valence-corrected chi connectivity index (χ4v) is 2.17. The first-order valence-corrected chi connectivity index (χ1v) is 7.19. The molecule has 0 saturated carbocycles. The van der Waals surface area contributed by atoms with E-state index in [0.717, 1.165) is 6.07 Å². The number of carbonyl (C=O) groups is 1. The molecule has 0 atom stereocenters. The number of nitrogens with zero attached hydrogens (tertiary/aromatic N) is 1. The highest BCUT2D eigenvalue weighted by molar-refractivity contribution is 5.95. The number of benzene rings is 2. The van der Waals surface area contributed by atoms with Crippen LogP contribution in [0, 0.1) is 10.1 Å². The van der Waals surface area contributed by atoms with Crippen molar-refractivity contribution in [3.63, 3.8) is 0 Å². The Labute approximate surface area is 141 Å². The van der Waals surface area contributed by atoms with Crippen molar-refractivity contribution in [3.05, 3.63) is 63.7 Å². The van der Waals surface area contributed by atoms with Crippen molar-refractivity contribution < 1.29 is 23.2 Å². The van der Waals surface area contributed by atoms with E-state index < -0.39 is 17.4 Å². The van der Waals surface area contributed by atoms with Crippen LogP contribution in [-0.2, 0) is 6.54 Å². The first-order valence-electron chi connectivity index (χ1n) is 7.19. The van der Waals surface area contributed by atoms with Gasteiger partial charge >= 0.3 is 6.61 Å². The molecule has 2 aromatic carbocycles. The molecule has 7 nitrogen and oxygen atoms in total. The fraction of sp³-hybridized carbons (Fsp3) is 0.188. The summed E-state index contributed by atoms with van der Waals surface area (Å²) in [5.74, 6) is -0.619. The number of para-hydroxylation sites is 1. The highest BCUT2D eigenvalue weighted by atomic mass is 19.3.